The molecule has 1 aliphatic heterocycles. The number of nitrogens with one attached hydrogen (secondary N) is 1. The number of nitrogens with zero attached hydrogens (tertiary/aromatic N) is 1. The van der Waals surface area contributed by atoms with E-state index in [4.69, 9.17) is 0 Å². The Morgan fingerprint density at radius 2 is 2.10 bits per heavy atom. The summed E-state index contributed by atoms with van der Waals surface area (Å²) in [7, 11) is 0. The lowest BCUT2D eigenvalue weighted by Gasteiger charge is -2.33. The molecule has 1 N–H and O–H groups in total. The van der Waals surface area contributed by atoms with Crippen LogP contribution in [0.4, 0.5) is 10.1 Å². The maximum absolute atomic E-state index is 14.5. The van der Waals surface area contributed by atoms with Gasteiger partial charge in [0.2, 0.25) is 0 Å². The van der Waals surface area contributed by atoms with E-state index in [1.807, 2.05) is 6.07 Å². The normalized spacial score (nSPS) is 20.7. The third-order valence-corrected chi connectivity index (χ3v) is 4.35. The average molecular weight is 278 g/mol. The molecule has 0 amide bonds. The van der Waals surface area contributed by atoms with Gasteiger partial charge in [-0.1, -0.05) is 32.9 Å². The summed E-state index contributed by atoms with van der Waals surface area (Å²) in [5.74, 6) is 0.471. The van der Waals surface area contributed by atoms with E-state index in [1.165, 1.54) is 6.42 Å². The second-order valence-electron chi connectivity index (χ2n) is 6.10. The van der Waals surface area contributed by atoms with Gasteiger partial charge in [-0.2, -0.15) is 0 Å². The SMILES string of the molecule is CCNC(C)c1cccc(F)c1N1CCCC1C(C)C. The molecular formula is C17H27FN2. The fourth-order valence-corrected chi connectivity index (χ4v) is 3.36. The van der Waals surface area contributed by atoms with Crippen LogP contribution in [0.1, 0.15) is 52.1 Å². The molecule has 1 aromatic carbocycles. The van der Waals surface area contributed by atoms with E-state index < -0.39 is 0 Å². The Labute approximate surface area is 122 Å². The number of para-hydroxylation sites is 1. The highest BCUT2D eigenvalue weighted by molar-refractivity contribution is 5.57. The molecule has 20 heavy (non-hydrogen) atoms. The minimum absolute atomic E-state index is 0.0835. The van der Waals surface area contributed by atoms with Crippen LogP contribution < -0.4 is 10.2 Å². The predicted molar refractivity (Wildman–Crippen MR) is 83.7 cm³/mol. The standard InChI is InChI=1S/C17H27FN2/c1-5-19-13(4)14-8-6-9-15(18)17(14)20-11-7-10-16(20)12(2)3/h6,8-9,12-13,16,19H,5,7,10-11H2,1-4H3. The van der Waals surface area contributed by atoms with Gasteiger partial charge in [0.1, 0.15) is 5.82 Å². The summed E-state index contributed by atoms with van der Waals surface area (Å²) in [4.78, 5) is 2.29. The lowest BCUT2D eigenvalue weighted by atomic mass is 9.99. The smallest absolute Gasteiger partial charge is 0.146 e. The maximum Gasteiger partial charge on any atom is 0.146 e. The maximum atomic E-state index is 14.5. The molecule has 3 heteroatoms. The molecule has 1 heterocycles. The zero-order valence-corrected chi connectivity index (χ0v) is 13.1. The highest BCUT2D eigenvalue weighted by atomic mass is 19.1. The van der Waals surface area contributed by atoms with Gasteiger partial charge in [-0.3, -0.25) is 0 Å². The van der Waals surface area contributed by atoms with Gasteiger partial charge in [-0.05, 0) is 43.9 Å². The second kappa shape index (κ2) is 6.57. The molecule has 0 aromatic heterocycles. The summed E-state index contributed by atoms with van der Waals surface area (Å²) in [5, 5.41) is 3.40. The summed E-state index contributed by atoms with van der Waals surface area (Å²) in [5.41, 5.74) is 1.90. The van der Waals surface area contributed by atoms with Crippen molar-refractivity contribution in [2.24, 2.45) is 5.92 Å². The Kier molecular flexibility index (Phi) is 5.03. The minimum atomic E-state index is -0.0835. The van der Waals surface area contributed by atoms with E-state index in [9.17, 15) is 4.39 Å². The summed E-state index contributed by atoms with van der Waals surface area (Å²) >= 11 is 0. The molecule has 2 atom stereocenters. The second-order valence-corrected chi connectivity index (χ2v) is 6.10. The van der Waals surface area contributed by atoms with E-state index in [2.05, 4.69) is 44.0 Å². The summed E-state index contributed by atoms with van der Waals surface area (Å²) in [6, 6.07) is 6.11. The molecule has 2 nitrogen and oxygen atoms in total. The third-order valence-electron chi connectivity index (χ3n) is 4.35. The largest absolute Gasteiger partial charge is 0.366 e. The van der Waals surface area contributed by atoms with E-state index in [1.54, 1.807) is 6.07 Å². The highest BCUT2D eigenvalue weighted by Crippen LogP contribution is 2.36. The number of anilines is 1. The number of hydrogen-bond donors (Lipinski definition) is 1. The van der Waals surface area contributed by atoms with Crippen LogP contribution in [0.15, 0.2) is 18.2 Å². The van der Waals surface area contributed by atoms with Crippen LogP contribution in [-0.2, 0) is 0 Å². The van der Waals surface area contributed by atoms with Crippen molar-refractivity contribution in [1.82, 2.24) is 5.32 Å². The van der Waals surface area contributed by atoms with Gasteiger partial charge in [0.25, 0.3) is 0 Å². The molecule has 0 bridgehead atoms. The van der Waals surface area contributed by atoms with Gasteiger partial charge < -0.3 is 10.2 Å². The minimum Gasteiger partial charge on any atom is -0.366 e. The van der Waals surface area contributed by atoms with Crippen molar-refractivity contribution in [3.8, 4) is 0 Å². The Balaban J connectivity index is 2.39. The van der Waals surface area contributed by atoms with Gasteiger partial charge >= 0.3 is 0 Å². The lowest BCUT2D eigenvalue weighted by Crippen LogP contribution is -2.35. The third kappa shape index (κ3) is 2.98. The van der Waals surface area contributed by atoms with E-state index in [-0.39, 0.29) is 11.9 Å². The number of benzene rings is 1. The van der Waals surface area contributed by atoms with Crippen molar-refractivity contribution < 1.29 is 4.39 Å². The summed E-state index contributed by atoms with van der Waals surface area (Å²) in [6.45, 7) is 10.5. The lowest BCUT2D eigenvalue weighted by molar-refractivity contribution is 0.482. The Hall–Kier alpha value is -1.09. The van der Waals surface area contributed by atoms with Crippen molar-refractivity contribution in [2.75, 3.05) is 18.0 Å². The number of hydrogen-bond acceptors (Lipinski definition) is 2. The molecule has 0 saturated carbocycles. The molecule has 0 spiro atoms. The molecule has 2 rings (SSSR count). The summed E-state index contributed by atoms with van der Waals surface area (Å²) < 4.78 is 14.5. The zero-order valence-electron chi connectivity index (χ0n) is 13.1. The summed E-state index contributed by atoms with van der Waals surface area (Å²) in [6.07, 6.45) is 2.33. The number of rotatable bonds is 5. The molecule has 0 radical (unpaired) electrons. The van der Waals surface area contributed by atoms with Gasteiger partial charge in [-0.25, -0.2) is 4.39 Å². The zero-order chi connectivity index (χ0) is 14.7. The molecular weight excluding hydrogens is 251 g/mol. The van der Waals surface area contributed by atoms with Gasteiger partial charge in [-0.15, -0.1) is 0 Å². The van der Waals surface area contributed by atoms with Crippen molar-refractivity contribution in [3.05, 3.63) is 29.6 Å². The van der Waals surface area contributed by atoms with E-state index in [0.717, 1.165) is 30.8 Å². The van der Waals surface area contributed by atoms with E-state index >= 15 is 0 Å². The van der Waals surface area contributed by atoms with Gasteiger partial charge in [0.05, 0.1) is 5.69 Å². The first-order valence-electron chi connectivity index (χ1n) is 7.84. The Morgan fingerprint density at radius 1 is 1.35 bits per heavy atom. The molecule has 1 aliphatic rings. The predicted octanol–water partition coefficient (Wildman–Crippen LogP) is 4.12. The fourth-order valence-electron chi connectivity index (χ4n) is 3.36. The van der Waals surface area contributed by atoms with Crippen LogP contribution in [0.25, 0.3) is 0 Å². The van der Waals surface area contributed by atoms with Crippen LogP contribution in [-0.4, -0.2) is 19.1 Å². The van der Waals surface area contributed by atoms with Crippen LogP contribution >= 0.6 is 0 Å². The molecule has 1 aromatic rings. The highest BCUT2D eigenvalue weighted by Gasteiger charge is 2.31. The van der Waals surface area contributed by atoms with Crippen molar-refractivity contribution >= 4 is 5.69 Å². The molecule has 1 saturated heterocycles. The van der Waals surface area contributed by atoms with Crippen LogP contribution in [0.3, 0.4) is 0 Å². The first kappa shape index (κ1) is 15.3. The molecule has 0 aliphatic carbocycles. The van der Waals surface area contributed by atoms with Crippen LogP contribution in [0.2, 0.25) is 0 Å². The van der Waals surface area contributed by atoms with E-state index in [0.29, 0.717) is 12.0 Å². The van der Waals surface area contributed by atoms with Gasteiger partial charge in [0, 0.05) is 18.6 Å². The quantitative estimate of drug-likeness (QED) is 0.871. The first-order chi connectivity index (χ1) is 9.56. The van der Waals surface area contributed by atoms with Crippen molar-refractivity contribution in [2.45, 2.75) is 52.6 Å². The fraction of sp³-hybridized carbons (Fsp3) is 0.647. The van der Waals surface area contributed by atoms with Crippen molar-refractivity contribution in [1.29, 1.82) is 0 Å². The molecule has 2 unspecified atom stereocenters. The number of halogens is 1. The molecule has 1 fully saturated rings. The van der Waals surface area contributed by atoms with Crippen LogP contribution in [0.5, 0.6) is 0 Å². The molecule has 112 valence electrons. The topological polar surface area (TPSA) is 15.3 Å². The first-order valence-corrected chi connectivity index (χ1v) is 7.84. The van der Waals surface area contributed by atoms with Gasteiger partial charge in [0.15, 0.2) is 0 Å². The Morgan fingerprint density at radius 3 is 2.75 bits per heavy atom. The Bertz CT molecular complexity index is 445. The monoisotopic (exact) mass is 278 g/mol. The average Bonchev–Trinajstić information content (AvgIpc) is 2.87. The van der Waals surface area contributed by atoms with Crippen LogP contribution in [0, 0.1) is 11.7 Å². The van der Waals surface area contributed by atoms with Crippen molar-refractivity contribution in [3.63, 3.8) is 0 Å².